The molecule has 0 aromatic carbocycles. The Morgan fingerprint density at radius 2 is 1.75 bits per heavy atom. The average molecular weight is 442 g/mol. The average Bonchev–Trinajstić information content (AvgIpc) is 3.48. The van der Waals surface area contributed by atoms with Gasteiger partial charge in [0, 0.05) is 57.7 Å². The maximum atomic E-state index is 13.4. The number of carbonyl (C=O) groups excluding carboxylic acids is 1. The molecule has 174 valence electrons. The van der Waals surface area contributed by atoms with Crippen LogP contribution in [0.1, 0.15) is 36.0 Å². The van der Waals surface area contributed by atoms with Crippen LogP contribution in [-0.2, 0) is 11.8 Å². The van der Waals surface area contributed by atoms with Gasteiger partial charge >= 0.3 is 0 Å². The van der Waals surface area contributed by atoms with Crippen molar-refractivity contribution < 1.29 is 9.53 Å². The highest BCUT2D eigenvalue weighted by Gasteiger charge is 2.26. The van der Waals surface area contributed by atoms with Gasteiger partial charge in [-0.05, 0) is 44.8 Å². The van der Waals surface area contributed by atoms with Crippen molar-refractivity contribution in [2.75, 3.05) is 70.5 Å². The molecule has 3 aliphatic rings. The monoisotopic (exact) mass is 441 g/mol. The van der Waals surface area contributed by atoms with Crippen LogP contribution < -0.4 is 10.2 Å². The van der Waals surface area contributed by atoms with Crippen LogP contribution in [0.25, 0.3) is 11.0 Å². The molecule has 5 heterocycles. The molecule has 9 heteroatoms. The number of aryl methyl sites for hydroxylation is 1. The van der Waals surface area contributed by atoms with Crippen molar-refractivity contribution in [1.82, 2.24) is 29.9 Å². The van der Waals surface area contributed by atoms with Crippen LogP contribution in [0.3, 0.4) is 0 Å². The standard InChI is InChI=1S/C23H35N7O2/c1-27-21-18(17-24-27)16-20(22(26-21)30-12-14-32-15-13-30)23(31)25-19-4-8-29(9-5-19)11-10-28-6-2-3-7-28/h16-17,19H,2-15H2,1H3,(H,25,31). The van der Waals surface area contributed by atoms with E-state index >= 15 is 0 Å². The molecule has 0 aliphatic carbocycles. The van der Waals surface area contributed by atoms with E-state index in [9.17, 15) is 4.79 Å². The Balaban J connectivity index is 1.23. The number of nitrogens with zero attached hydrogens (tertiary/aromatic N) is 6. The summed E-state index contributed by atoms with van der Waals surface area (Å²) < 4.78 is 7.27. The fourth-order valence-corrected chi connectivity index (χ4v) is 5.10. The van der Waals surface area contributed by atoms with Gasteiger partial charge in [0.25, 0.3) is 5.91 Å². The fraction of sp³-hybridized carbons (Fsp3) is 0.696. The van der Waals surface area contributed by atoms with Crippen LogP contribution in [0, 0.1) is 0 Å². The number of morpholine rings is 1. The van der Waals surface area contributed by atoms with E-state index in [1.807, 2.05) is 13.1 Å². The van der Waals surface area contributed by atoms with Gasteiger partial charge in [0.05, 0.1) is 25.0 Å². The third-order valence-corrected chi connectivity index (χ3v) is 7.10. The summed E-state index contributed by atoms with van der Waals surface area (Å²) >= 11 is 0. The lowest BCUT2D eigenvalue weighted by atomic mass is 10.0. The summed E-state index contributed by atoms with van der Waals surface area (Å²) in [5.41, 5.74) is 1.44. The summed E-state index contributed by atoms with van der Waals surface area (Å²) in [6.45, 7) is 9.73. The largest absolute Gasteiger partial charge is 0.378 e. The van der Waals surface area contributed by atoms with E-state index in [0.29, 0.717) is 18.8 Å². The molecule has 0 saturated carbocycles. The zero-order valence-corrected chi connectivity index (χ0v) is 19.1. The molecule has 2 aromatic heterocycles. The number of pyridine rings is 1. The zero-order valence-electron chi connectivity index (χ0n) is 19.1. The number of amides is 1. The minimum absolute atomic E-state index is 0.0275. The summed E-state index contributed by atoms with van der Waals surface area (Å²) in [7, 11) is 1.88. The highest BCUT2D eigenvalue weighted by molar-refractivity contribution is 6.02. The Bertz CT molecular complexity index is 926. The van der Waals surface area contributed by atoms with Crippen molar-refractivity contribution in [2.24, 2.45) is 7.05 Å². The molecule has 1 N–H and O–H groups in total. The van der Waals surface area contributed by atoms with E-state index in [1.54, 1.807) is 10.9 Å². The second kappa shape index (κ2) is 9.72. The SMILES string of the molecule is Cn1ncc2cc(C(=O)NC3CCN(CCN4CCCC4)CC3)c(N3CCOCC3)nc21. The number of rotatable bonds is 6. The molecule has 0 radical (unpaired) electrons. The highest BCUT2D eigenvalue weighted by Crippen LogP contribution is 2.25. The number of anilines is 1. The maximum absolute atomic E-state index is 13.4. The Morgan fingerprint density at radius 1 is 1.06 bits per heavy atom. The molecule has 0 unspecified atom stereocenters. The second-order valence-electron chi connectivity index (χ2n) is 9.28. The van der Waals surface area contributed by atoms with Gasteiger partial charge in [-0.25, -0.2) is 4.98 Å². The number of fused-ring (bicyclic) bond motifs is 1. The van der Waals surface area contributed by atoms with Gasteiger partial charge in [-0.15, -0.1) is 0 Å². The number of ether oxygens (including phenoxy) is 1. The molecule has 3 fully saturated rings. The van der Waals surface area contributed by atoms with E-state index in [0.717, 1.165) is 62.4 Å². The molecule has 0 spiro atoms. The Labute approximate surface area is 189 Å². The Kier molecular flexibility index (Phi) is 6.56. The molecule has 3 aliphatic heterocycles. The normalized spacial score (nSPS) is 21.5. The van der Waals surface area contributed by atoms with Crippen LogP contribution in [0.15, 0.2) is 12.3 Å². The molecular weight excluding hydrogens is 406 g/mol. The summed E-state index contributed by atoms with van der Waals surface area (Å²) in [4.78, 5) is 25.5. The number of likely N-dealkylation sites (tertiary alicyclic amines) is 2. The van der Waals surface area contributed by atoms with Gasteiger partial charge in [0.2, 0.25) is 0 Å². The third kappa shape index (κ3) is 4.74. The summed E-state index contributed by atoms with van der Waals surface area (Å²) in [5.74, 6) is 0.713. The zero-order chi connectivity index (χ0) is 21.9. The highest BCUT2D eigenvalue weighted by atomic mass is 16.5. The van der Waals surface area contributed by atoms with Gasteiger partial charge in [0.1, 0.15) is 5.82 Å². The maximum Gasteiger partial charge on any atom is 0.255 e. The van der Waals surface area contributed by atoms with Crippen LogP contribution >= 0.6 is 0 Å². The van der Waals surface area contributed by atoms with E-state index in [2.05, 4.69) is 25.1 Å². The topological polar surface area (TPSA) is 78.8 Å². The van der Waals surface area contributed by atoms with Crippen molar-refractivity contribution in [1.29, 1.82) is 0 Å². The van der Waals surface area contributed by atoms with Crippen molar-refractivity contribution in [2.45, 2.75) is 31.7 Å². The molecular formula is C23H35N7O2. The molecule has 0 atom stereocenters. The number of hydrogen-bond donors (Lipinski definition) is 1. The van der Waals surface area contributed by atoms with Crippen molar-refractivity contribution in [3.8, 4) is 0 Å². The van der Waals surface area contributed by atoms with Crippen molar-refractivity contribution in [3.05, 3.63) is 17.8 Å². The molecule has 2 aromatic rings. The second-order valence-corrected chi connectivity index (χ2v) is 9.28. The first-order valence-corrected chi connectivity index (χ1v) is 12.1. The van der Waals surface area contributed by atoms with Crippen LogP contribution in [0.5, 0.6) is 0 Å². The van der Waals surface area contributed by atoms with E-state index in [4.69, 9.17) is 9.72 Å². The van der Waals surface area contributed by atoms with Crippen LogP contribution in [0.4, 0.5) is 5.82 Å². The molecule has 3 saturated heterocycles. The third-order valence-electron chi connectivity index (χ3n) is 7.10. The summed E-state index contributed by atoms with van der Waals surface area (Å²) in [6, 6.07) is 2.16. The van der Waals surface area contributed by atoms with E-state index < -0.39 is 0 Å². The number of piperidine rings is 1. The first-order valence-electron chi connectivity index (χ1n) is 12.1. The van der Waals surface area contributed by atoms with Gasteiger partial charge in [0.15, 0.2) is 5.65 Å². The predicted molar refractivity (Wildman–Crippen MR) is 124 cm³/mol. The summed E-state index contributed by atoms with van der Waals surface area (Å²) in [5, 5.41) is 8.52. The molecule has 32 heavy (non-hydrogen) atoms. The Hall–Kier alpha value is -2.23. The quantitative estimate of drug-likeness (QED) is 0.719. The number of carbonyl (C=O) groups is 1. The van der Waals surface area contributed by atoms with Gasteiger partial charge in [-0.1, -0.05) is 0 Å². The van der Waals surface area contributed by atoms with Crippen molar-refractivity contribution >= 4 is 22.8 Å². The van der Waals surface area contributed by atoms with Gasteiger partial charge in [-0.2, -0.15) is 5.10 Å². The first kappa shape index (κ1) is 21.6. The van der Waals surface area contributed by atoms with Gasteiger partial charge < -0.3 is 24.8 Å². The Morgan fingerprint density at radius 3 is 2.47 bits per heavy atom. The lowest BCUT2D eigenvalue weighted by molar-refractivity contribution is 0.0906. The molecule has 5 rings (SSSR count). The smallest absolute Gasteiger partial charge is 0.255 e. The van der Waals surface area contributed by atoms with Crippen LogP contribution in [-0.4, -0.2) is 102 Å². The molecule has 0 bridgehead atoms. The molecule has 1 amide bonds. The number of aromatic nitrogens is 3. The van der Waals surface area contributed by atoms with E-state index in [-0.39, 0.29) is 11.9 Å². The van der Waals surface area contributed by atoms with Crippen molar-refractivity contribution in [3.63, 3.8) is 0 Å². The first-order chi connectivity index (χ1) is 15.7. The molecule has 9 nitrogen and oxygen atoms in total. The minimum Gasteiger partial charge on any atom is -0.378 e. The fourth-order valence-electron chi connectivity index (χ4n) is 5.10. The minimum atomic E-state index is -0.0275. The lowest BCUT2D eigenvalue weighted by Crippen LogP contribution is -2.46. The number of hydrogen-bond acceptors (Lipinski definition) is 7. The predicted octanol–water partition coefficient (Wildman–Crippen LogP) is 1.09. The summed E-state index contributed by atoms with van der Waals surface area (Å²) in [6.07, 6.45) is 6.48. The van der Waals surface area contributed by atoms with E-state index in [1.165, 1.54) is 32.5 Å². The van der Waals surface area contributed by atoms with Crippen LogP contribution in [0.2, 0.25) is 0 Å². The van der Waals surface area contributed by atoms with Gasteiger partial charge in [-0.3, -0.25) is 9.48 Å². The number of nitrogens with one attached hydrogen (secondary N) is 1. The lowest BCUT2D eigenvalue weighted by Gasteiger charge is -2.34.